The van der Waals surface area contributed by atoms with Gasteiger partial charge in [0.25, 0.3) is 11.1 Å². The van der Waals surface area contributed by atoms with Crippen molar-refractivity contribution < 1.29 is 4.42 Å². The number of rotatable bonds is 4. The Morgan fingerprint density at radius 1 is 0.857 bits per heavy atom. The van der Waals surface area contributed by atoms with Crippen molar-refractivity contribution in [2.24, 2.45) is 0 Å². The second kappa shape index (κ2) is 6.92. The van der Waals surface area contributed by atoms with E-state index in [-0.39, 0.29) is 11.1 Å². The number of aryl methyl sites for hydroxylation is 2. The van der Waals surface area contributed by atoms with Gasteiger partial charge < -0.3 is 14.6 Å². The maximum absolute atomic E-state index is 12.5. The molecule has 144 valence electrons. The molecule has 0 aliphatic carbocycles. The lowest BCUT2D eigenvalue weighted by Gasteiger charge is -2.12. The zero-order valence-electron chi connectivity index (χ0n) is 14.9. The number of aromatic amines is 4. The Labute approximate surface area is 168 Å². The lowest BCUT2D eigenvalue weighted by molar-refractivity contribution is 0.513. The molecule has 0 amide bonds. The summed E-state index contributed by atoms with van der Waals surface area (Å²) in [4.78, 5) is 24.9. The average Bonchev–Trinajstić information content (AvgIpc) is 3.35. The molecule has 0 saturated heterocycles. The largest absolute Gasteiger partial charge is 0.460 e. The van der Waals surface area contributed by atoms with Gasteiger partial charge in [-0.25, -0.2) is 0 Å². The van der Waals surface area contributed by atoms with E-state index in [1.165, 1.54) is 0 Å². The number of H-pyrrole nitrogens is 4. The van der Waals surface area contributed by atoms with Gasteiger partial charge in [0.2, 0.25) is 0 Å². The summed E-state index contributed by atoms with van der Waals surface area (Å²) in [6.45, 7) is 3.52. The SMILES string of the molecule is Cc1[nH][nH]c(=O)c1C(c1ccc(-c2cc(Cl)ccc2Cl)o1)c1c(C)[nH][nH]c1=O. The Kier molecular flexibility index (Phi) is 4.56. The van der Waals surface area contributed by atoms with Crippen molar-refractivity contribution in [1.82, 2.24) is 20.4 Å². The summed E-state index contributed by atoms with van der Waals surface area (Å²) >= 11 is 12.4. The normalized spacial score (nSPS) is 11.5. The minimum absolute atomic E-state index is 0.318. The van der Waals surface area contributed by atoms with Crippen molar-refractivity contribution in [3.05, 3.63) is 89.4 Å². The zero-order chi connectivity index (χ0) is 20.0. The van der Waals surface area contributed by atoms with E-state index in [1.807, 2.05) is 0 Å². The first-order valence-corrected chi connectivity index (χ1v) is 9.22. The van der Waals surface area contributed by atoms with Crippen LogP contribution in [0.3, 0.4) is 0 Å². The Hall–Kier alpha value is -2.90. The van der Waals surface area contributed by atoms with Crippen LogP contribution in [0.25, 0.3) is 11.3 Å². The molecule has 0 saturated carbocycles. The fraction of sp³-hybridized carbons (Fsp3) is 0.158. The molecule has 4 rings (SSSR count). The van der Waals surface area contributed by atoms with Gasteiger partial charge in [-0.2, -0.15) is 0 Å². The van der Waals surface area contributed by atoms with Crippen LogP contribution in [0.15, 0.2) is 44.3 Å². The Bertz CT molecular complexity index is 1220. The summed E-state index contributed by atoms with van der Waals surface area (Å²) in [7, 11) is 0. The number of halogens is 2. The van der Waals surface area contributed by atoms with Crippen LogP contribution in [0.2, 0.25) is 10.0 Å². The summed E-state index contributed by atoms with van der Waals surface area (Å²) in [6.07, 6.45) is 0. The standard InChI is InChI=1S/C19H16Cl2N4O3/c1-8-15(18(26)24-22-8)17(16-9(2)23-25-19(16)27)14-6-5-13(28-14)11-7-10(20)3-4-12(11)21/h3-7,17H,1-2H3,(H2,22,24,26)(H2,23,25,27). The van der Waals surface area contributed by atoms with Crippen LogP contribution in [0.4, 0.5) is 0 Å². The van der Waals surface area contributed by atoms with Crippen molar-refractivity contribution in [2.45, 2.75) is 19.8 Å². The monoisotopic (exact) mass is 418 g/mol. The van der Waals surface area contributed by atoms with Gasteiger partial charge >= 0.3 is 0 Å². The minimum Gasteiger partial charge on any atom is -0.460 e. The molecule has 0 aliphatic heterocycles. The maximum atomic E-state index is 12.5. The van der Waals surface area contributed by atoms with Crippen LogP contribution in [0.5, 0.6) is 0 Å². The number of furan rings is 1. The highest BCUT2D eigenvalue weighted by Gasteiger charge is 2.30. The van der Waals surface area contributed by atoms with E-state index in [0.29, 0.717) is 49.6 Å². The highest BCUT2D eigenvalue weighted by molar-refractivity contribution is 6.35. The highest BCUT2D eigenvalue weighted by Crippen LogP contribution is 2.37. The Balaban J connectivity index is 1.92. The molecular weight excluding hydrogens is 403 g/mol. The maximum Gasteiger partial charge on any atom is 0.268 e. The van der Waals surface area contributed by atoms with Gasteiger partial charge in [0.05, 0.1) is 22.1 Å². The fourth-order valence-corrected chi connectivity index (χ4v) is 3.76. The molecular formula is C19H16Cl2N4O3. The molecule has 0 unspecified atom stereocenters. The Morgan fingerprint density at radius 3 is 2.00 bits per heavy atom. The van der Waals surface area contributed by atoms with E-state index in [9.17, 15) is 9.59 Å². The predicted molar refractivity (Wildman–Crippen MR) is 107 cm³/mol. The van der Waals surface area contributed by atoms with Crippen LogP contribution in [0.1, 0.15) is 34.2 Å². The van der Waals surface area contributed by atoms with Crippen molar-refractivity contribution >= 4 is 23.2 Å². The van der Waals surface area contributed by atoms with Crippen LogP contribution in [-0.2, 0) is 0 Å². The lowest BCUT2D eigenvalue weighted by Crippen LogP contribution is -2.19. The second-order valence-corrected chi connectivity index (χ2v) is 7.34. The molecule has 3 aromatic heterocycles. The topological polar surface area (TPSA) is 110 Å². The van der Waals surface area contributed by atoms with Gasteiger partial charge in [0, 0.05) is 22.0 Å². The van der Waals surface area contributed by atoms with E-state index in [0.717, 1.165) is 0 Å². The summed E-state index contributed by atoms with van der Waals surface area (Å²) in [5, 5.41) is 11.7. The molecule has 3 heterocycles. The number of hydrogen-bond donors (Lipinski definition) is 4. The molecule has 1 aromatic carbocycles. The first-order valence-electron chi connectivity index (χ1n) is 8.46. The first-order chi connectivity index (χ1) is 13.4. The second-order valence-electron chi connectivity index (χ2n) is 6.49. The van der Waals surface area contributed by atoms with E-state index in [4.69, 9.17) is 27.6 Å². The van der Waals surface area contributed by atoms with E-state index in [2.05, 4.69) is 20.4 Å². The van der Waals surface area contributed by atoms with E-state index >= 15 is 0 Å². The third-order valence-electron chi connectivity index (χ3n) is 4.71. The number of hydrogen-bond acceptors (Lipinski definition) is 3. The molecule has 4 N–H and O–H groups in total. The number of aromatic nitrogens is 4. The van der Waals surface area contributed by atoms with Crippen molar-refractivity contribution in [3.63, 3.8) is 0 Å². The van der Waals surface area contributed by atoms with Gasteiger partial charge in [0.1, 0.15) is 11.5 Å². The molecule has 0 fully saturated rings. The van der Waals surface area contributed by atoms with Crippen LogP contribution < -0.4 is 11.1 Å². The molecule has 0 radical (unpaired) electrons. The molecule has 0 atom stereocenters. The fourth-order valence-electron chi connectivity index (χ4n) is 3.37. The molecule has 0 spiro atoms. The summed E-state index contributed by atoms with van der Waals surface area (Å²) in [6, 6.07) is 8.54. The molecule has 4 aromatic rings. The van der Waals surface area contributed by atoms with E-state index < -0.39 is 5.92 Å². The van der Waals surface area contributed by atoms with Gasteiger partial charge in [-0.05, 0) is 44.2 Å². The molecule has 28 heavy (non-hydrogen) atoms. The third-order valence-corrected chi connectivity index (χ3v) is 5.27. The van der Waals surface area contributed by atoms with E-state index in [1.54, 1.807) is 44.2 Å². The number of nitrogens with one attached hydrogen (secondary N) is 4. The van der Waals surface area contributed by atoms with Crippen LogP contribution >= 0.6 is 23.2 Å². The molecule has 7 nitrogen and oxygen atoms in total. The van der Waals surface area contributed by atoms with Crippen LogP contribution in [-0.4, -0.2) is 20.4 Å². The van der Waals surface area contributed by atoms with Gasteiger partial charge in [0.15, 0.2) is 0 Å². The van der Waals surface area contributed by atoms with Crippen molar-refractivity contribution in [1.29, 1.82) is 0 Å². The quantitative estimate of drug-likeness (QED) is 0.400. The van der Waals surface area contributed by atoms with Gasteiger partial charge in [-0.3, -0.25) is 19.8 Å². The summed E-state index contributed by atoms with van der Waals surface area (Å²) < 4.78 is 6.06. The van der Waals surface area contributed by atoms with Crippen LogP contribution in [0, 0.1) is 13.8 Å². The smallest absolute Gasteiger partial charge is 0.268 e. The predicted octanol–water partition coefficient (Wildman–Crippen LogP) is 4.08. The lowest BCUT2D eigenvalue weighted by atomic mass is 9.89. The average molecular weight is 419 g/mol. The van der Waals surface area contributed by atoms with Crippen molar-refractivity contribution in [2.75, 3.05) is 0 Å². The summed E-state index contributed by atoms with van der Waals surface area (Å²) in [5.41, 5.74) is 2.04. The Morgan fingerprint density at radius 2 is 1.46 bits per heavy atom. The minimum atomic E-state index is -0.697. The number of benzene rings is 1. The third kappa shape index (κ3) is 3.02. The van der Waals surface area contributed by atoms with Crippen molar-refractivity contribution in [3.8, 4) is 11.3 Å². The first kappa shape index (κ1) is 18.5. The summed E-state index contributed by atoms with van der Waals surface area (Å²) in [5.74, 6) is 0.228. The molecule has 0 aliphatic rings. The molecule has 0 bridgehead atoms. The highest BCUT2D eigenvalue weighted by atomic mass is 35.5. The zero-order valence-corrected chi connectivity index (χ0v) is 16.5. The van der Waals surface area contributed by atoms with Gasteiger partial charge in [-0.15, -0.1) is 0 Å². The molecule has 9 heteroatoms. The van der Waals surface area contributed by atoms with Gasteiger partial charge in [-0.1, -0.05) is 23.2 Å².